The second-order valence-corrected chi connectivity index (χ2v) is 5.92. The van der Waals surface area contributed by atoms with Crippen molar-refractivity contribution in [1.29, 1.82) is 0 Å². The van der Waals surface area contributed by atoms with Gasteiger partial charge in [-0.1, -0.05) is 6.07 Å². The molecule has 1 aliphatic rings. The number of hydrogen-bond donors (Lipinski definition) is 1. The van der Waals surface area contributed by atoms with Gasteiger partial charge < -0.3 is 10.0 Å². The van der Waals surface area contributed by atoms with Crippen LogP contribution in [-0.2, 0) is 31.4 Å². The molecule has 2 aromatic rings. The quantitative estimate of drug-likeness (QED) is 0.935. The predicted molar refractivity (Wildman–Crippen MR) is 83.9 cm³/mol. The molecule has 1 aromatic carbocycles. The van der Waals surface area contributed by atoms with E-state index in [9.17, 15) is 9.59 Å². The van der Waals surface area contributed by atoms with Crippen molar-refractivity contribution in [3.63, 3.8) is 0 Å². The number of aromatic carboxylic acids is 1. The van der Waals surface area contributed by atoms with Crippen LogP contribution >= 0.6 is 0 Å². The summed E-state index contributed by atoms with van der Waals surface area (Å²) in [6.07, 6.45) is 2.92. The zero-order valence-corrected chi connectivity index (χ0v) is 13.2. The van der Waals surface area contributed by atoms with E-state index in [1.165, 1.54) is 0 Å². The Morgan fingerprint density at radius 2 is 2.00 bits per heavy atom. The van der Waals surface area contributed by atoms with Gasteiger partial charge in [-0.05, 0) is 42.2 Å². The molecule has 6 nitrogen and oxygen atoms in total. The number of carboxylic acids is 1. The molecular weight excluding hydrogens is 294 g/mol. The van der Waals surface area contributed by atoms with E-state index in [0.717, 1.165) is 22.4 Å². The van der Waals surface area contributed by atoms with Gasteiger partial charge in [0.2, 0.25) is 5.91 Å². The summed E-state index contributed by atoms with van der Waals surface area (Å²) in [7, 11) is 1.89. The summed E-state index contributed by atoms with van der Waals surface area (Å²) in [6, 6.07) is 5.06. The Labute approximate surface area is 134 Å². The smallest absolute Gasteiger partial charge is 0.335 e. The molecule has 1 aromatic heterocycles. The highest BCUT2D eigenvalue weighted by Crippen LogP contribution is 2.25. The summed E-state index contributed by atoms with van der Waals surface area (Å²) in [5.74, 6) is -0.856. The van der Waals surface area contributed by atoms with Crippen LogP contribution in [0.3, 0.4) is 0 Å². The standard InChI is InChI=1S/C17H19N3O3/c1-11-13(8-18-19(11)2)5-6-16(21)20-9-14-4-3-12(17(22)23)7-15(14)10-20/h3-4,7-8H,5-6,9-10H2,1-2H3,(H,22,23). The summed E-state index contributed by atoms with van der Waals surface area (Å²) in [4.78, 5) is 25.2. The van der Waals surface area contributed by atoms with E-state index >= 15 is 0 Å². The fourth-order valence-electron chi connectivity index (χ4n) is 2.89. The maximum atomic E-state index is 12.4. The molecule has 0 bridgehead atoms. The summed E-state index contributed by atoms with van der Waals surface area (Å²) >= 11 is 0. The first-order valence-corrected chi connectivity index (χ1v) is 7.56. The number of rotatable bonds is 4. The van der Waals surface area contributed by atoms with Gasteiger partial charge in [0.05, 0.1) is 11.8 Å². The minimum Gasteiger partial charge on any atom is -0.478 e. The molecule has 0 spiro atoms. The first kappa shape index (κ1) is 15.3. The lowest BCUT2D eigenvalue weighted by Gasteiger charge is -2.15. The van der Waals surface area contributed by atoms with E-state index in [0.29, 0.717) is 25.9 Å². The molecule has 1 aliphatic heterocycles. The molecule has 0 radical (unpaired) electrons. The SMILES string of the molecule is Cc1c(CCC(=O)N2Cc3ccc(C(=O)O)cc3C2)cnn1C. The normalized spacial score (nSPS) is 13.2. The average molecular weight is 313 g/mol. The Morgan fingerprint density at radius 3 is 2.65 bits per heavy atom. The van der Waals surface area contributed by atoms with Crippen LogP contribution in [0.15, 0.2) is 24.4 Å². The monoisotopic (exact) mass is 313 g/mol. The second kappa shape index (κ2) is 5.87. The molecule has 6 heteroatoms. The van der Waals surface area contributed by atoms with Crippen LogP contribution in [-0.4, -0.2) is 31.7 Å². The van der Waals surface area contributed by atoms with Crippen LogP contribution in [0, 0.1) is 6.92 Å². The van der Waals surface area contributed by atoms with Crippen molar-refractivity contribution < 1.29 is 14.7 Å². The van der Waals surface area contributed by atoms with Crippen molar-refractivity contribution in [1.82, 2.24) is 14.7 Å². The van der Waals surface area contributed by atoms with Gasteiger partial charge in [-0.3, -0.25) is 9.48 Å². The number of carbonyl (C=O) groups is 2. The molecule has 1 N–H and O–H groups in total. The largest absolute Gasteiger partial charge is 0.478 e. The third-order valence-electron chi connectivity index (χ3n) is 4.47. The van der Waals surface area contributed by atoms with Gasteiger partial charge in [0.25, 0.3) is 0 Å². The molecule has 120 valence electrons. The third kappa shape index (κ3) is 2.97. The van der Waals surface area contributed by atoms with Gasteiger partial charge in [0, 0.05) is 32.3 Å². The Hall–Kier alpha value is -2.63. The molecule has 2 heterocycles. The second-order valence-electron chi connectivity index (χ2n) is 5.92. The van der Waals surface area contributed by atoms with Crippen LogP contribution < -0.4 is 0 Å². The Balaban J connectivity index is 1.63. The number of hydrogen-bond acceptors (Lipinski definition) is 3. The van der Waals surface area contributed by atoms with Gasteiger partial charge in [-0.2, -0.15) is 5.10 Å². The molecule has 3 rings (SSSR count). The van der Waals surface area contributed by atoms with E-state index in [-0.39, 0.29) is 11.5 Å². The number of amides is 1. The molecule has 23 heavy (non-hydrogen) atoms. The van der Waals surface area contributed by atoms with Crippen molar-refractivity contribution in [2.75, 3.05) is 0 Å². The average Bonchev–Trinajstić information content (AvgIpc) is 3.09. The zero-order chi connectivity index (χ0) is 16.6. The lowest BCUT2D eigenvalue weighted by molar-refractivity contribution is -0.131. The molecule has 0 aliphatic carbocycles. The highest BCUT2D eigenvalue weighted by atomic mass is 16.4. The van der Waals surface area contributed by atoms with Gasteiger partial charge >= 0.3 is 5.97 Å². The number of fused-ring (bicyclic) bond motifs is 1. The highest BCUT2D eigenvalue weighted by molar-refractivity contribution is 5.88. The zero-order valence-electron chi connectivity index (χ0n) is 13.2. The number of aryl methyl sites for hydroxylation is 2. The summed E-state index contributed by atoms with van der Waals surface area (Å²) in [5.41, 5.74) is 4.39. The fourth-order valence-corrected chi connectivity index (χ4v) is 2.89. The number of aromatic nitrogens is 2. The van der Waals surface area contributed by atoms with Crippen molar-refractivity contribution in [3.8, 4) is 0 Å². The van der Waals surface area contributed by atoms with Crippen LogP contribution in [0.2, 0.25) is 0 Å². The minimum absolute atomic E-state index is 0.0846. The van der Waals surface area contributed by atoms with Crippen LogP contribution in [0.1, 0.15) is 39.2 Å². The lowest BCUT2D eigenvalue weighted by atomic mass is 10.1. The van der Waals surface area contributed by atoms with E-state index in [4.69, 9.17) is 5.11 Å². The Kier molecular flexibility index (Phi) is 3.90. The van der Waals surface area contributed by atoms with E-state index in [2.05, 4.69) is 5.10 Å². The van der Waals surface area contributed by atoms with Gasteiger partial charge in [0.1, 0.15) is 0 Å². The van der Waals surface area contributed by atoms with Crippen LogP contribution in [0.25, 0.3) is 0 Å². The lowest BCUT2D eigenvalue weighted by Crippen LogP contribution is -2.25. The van der Waals surface area contributed by atoms with E-state index < -0.39 is 5.97 Å². The summed E-state index contributed by atoms with van der Waals surface area (Å²) in [6.45, 7) is 3.04. The number of carbonyl (C=O) groups excluding carboxylic acids is 1. The maximum Gasteiger partial charge on any atom is 0.335 e. The molecule has 0 saturated carbocycles. The van der Waals surface area contributed by atoms with Gasteiger partial charge in [0.15, 0.2) is 0 Å². The van der Waals surface area contributed by atoms with Crippen LogP contribution in [0.4, 0.5) is 0 Å². The number of benzene rings is 1. The van der Waals surface area contributed by atoms with Crippen molar-refractivity contribution in [2.24, 2.45) is 7.05 Å². The first-order chi connectivity index (χ1) is 11.0. The predicted octanol–water partition coefficient (Wildman–Crippen LogP) is 1.90. The Bertz CT molecular complexity index is 779. The number of carboxylic acid groups (broad SMARTS) is 1. The fraction of sp³-hybridized carbons (Fsp3) is 0.353. The molecular formula is C17H19N3O3. The minimum atomic E-state index is -0.940. The summed E-state index contributed by atoms with van der Waals surface area (Å²) < 4.78 is 1.80. The van der Waals surface area contributed by atoms with Crippen molar-refractivity contribution in [2.45, 2.75) is 32.9 Å². The molecule has 0 atom stereocenters. The number of nitrogens with zero attached hydrogens (tertiary/aromatic N) is 3. The van der Waals surface area contributed by atoms with Crippen molar-refractivity contribution >= 4 is 11.9 Å². The Morgan fingerprint density at radius 1 is 1.26 bits per heavy atom. The summed E-state index contributed by atoms with van der Waals surface area (Å²) in [5, 5.41) is 13.2. The van der Waals surface area contributed by atoms with E-state index in [1.807, 2.05) is 14.0 Å². The van der Waals surface area contributed by atoms with Gasteiger partial charge in [-0.15, -0.1) is 0 Å². The van der Waals surface area contributed by atoms with Crippen molar-refractivity contribution in [3.05, 3.63) is 52.3 Å². The first-order valence-electron chi connectivity index (χ1n) is 7.56. The molecule has 0 saturated heterocycles. The van der Waals surface area contributed by atoms with Gasteiger partial charge in [-0.25, -0.2) is 4.79 Å². The maximum absolute atomic E-state index is 12.4. The van der Waals surface area contributed by atoms with Crippen LogP contribution in [0.5, 0.6) is 0 Å². The molecule has 0 unspecified atom stereocenters. The highest BCUT2D eigenvalue weighted by Gasteiger charge is 2.24. The third-order valence-corrected chi connectivity index (χ3v) is 4.47. The topological polar surface area (TPSA) is 75.4 Å². The molecule has 1 amide bonds. The molecule has 0 fully saturated rings. The van der Waals surface area contributed by atoms with E-state index in [1.54, 1.807) is 34.0 Å².